The summed E-state index contributed by atoms with van der Waals surface area (Å²) in [5, 5.41) is 9.82. The summed E-state index contributed by atoms with van der Waals surface area (Å²) in [4.78, 5) is 4.83. The SMILES string of the molecule is Cl.Cl.OCCN1CCN(CC/C=C2/c3ccccc3COc3ccc(Cl)cc32)CC1. The fraction of sp³-hybridized carbons (Fsp3) is 0.391. The molecule has 7 heteroatoms. The monoisotopic (exact) mass is 470 g/mol. The molecule has 4 rings (SSSR count). The van der Waals surface area contributed by atoms with Gasteiger partial charge in [0.25, 0.3) is 0 Å². The van der Waals surface area contributed by atoms with Gasteiger partial charge in [-0.1, -0.05) is 41.9 Å². The summed E-state index contributed by atoms with van der Waals surface area (Å²) in [7, 11) is 0. The molecule has 0 amide bonds. The van der Waals surface area contributed by atoms with Crippen LogP contribution in [-0.2, 0) is 6.61 Å². The standard InChI is InChI=1S/C23H27ClN2O2.2ClH/c24-19-7-8-23-22(16-19)21(20-5-2-1-4-18(20)17-28-23)6-3-9-25-10-12-26(13-11-25)14-15-27;;/h1-2,4-8,16,27H,3,9-15,17H2;2*1H/b21-6-;;. The molecule has 0 saturated carbocycles. The highest BCUT2D eigenvalue weighted by Gasteiger charge is 2.20. The van der Waals surface area contributed by atoms with Crippen LogP contribution in [0.1, 0.15) is 23.1 Å². The maximum absolute atomic E-state index is 9.09. The Morgan fingerprint density at radius 1 is 0.933 bits per heavy atom. The van der Waals surface area contributed by atoms with E-state index >= 15 is 0 Å². The predicted molar refractivity (Wildman–Crippen MR) is 128 cm³/mol. The molecule has 2 heterocycles. The number of rotatable bonds is 5. The minimum absolute atomic E-state index is 0. The average Bonchev–Trinajstić information content (AvgIpc) is 2.87. The van der Waals surface area contributed by atoms with E-state index in [0.29, 0.717) is 6.61 Å². The lowest BCUT2D eigenvalue weighted by Gasteiger charge is -2.34. The zero-order valence-corrected chi connectivity index (χ0v) is 19.3. The predicted octanol–water partition coefficient (Wildman–Crippen LogP) is 4.51. The molecule has 0 unspecified atom stereocenters. The van der Waals surface area contributed by atoms with Crippen molar-refractivity contribution in [2.24, 2.45) is 0 Å². The molecule has 0 spiro atoms. The number of benzene rings is 2. The maximum atomic E-state index is 9.09. The topological polar surface area (TPSA) is 35.9 Å². The van der Waals surface area contributed by atoms with E-state index < -0.39 is 0 Å². The van der Waals surface area contributed by atoms with Crippen molar-refractivity contribution in [3.05, 3.63) is 70.3 Å². The molecule has 30 heavy (non-hydrogen) atoms. The van der Waals surface area contributed by atoms with Gasteiger partial charge in [-0.15, -0.1) is 24.8 Å². The van der Waals surface area contributed by atoms with Crippen LogP contribution in [0.5, 0.6) is 5.75 Å². The van der Waals surface area contributed by atoms with Crippen molar-refractivity contribution in [1.29, 1.82) is 0 Å². The van der Waals surface area contributed by atoms with Crippen LogP contribution < -0.4 is 4.74 Å². The van der Waals surface area contributed by atoms with Crippen molar-refractivity contribution in [3.8, 4) is 5.75 Å². The van der Waals surface area contributed by atoms with E-state index in [4.69, 9.17) is 21.4 Å². The van der Waals surface area contributed by atoms with Crippen LogP contribution in [0.15, 0.2) is 48.5 Å². The van der Waals surface area contributed by atoms with Crippen molar-refractivity contribution in [1.82, 2.24) is 9.80 Å². The first-order chi connectivity index (χ1) is 13.7. The zero-order valence-electron chi connectivity index (χ0n) is 16.9. The first-order valence-corrected chi connectivity index (χ1v) is 10.4. The van der Waals surface area contributed by atoms with Gasteiger partial charge < -0.3 is 14.7 Å². The Morgan fingerprint density at radius 3 is 2.37 bits per heavy atom. The third-order valence-electron chi connectivity index (χ3n) is 5.60. The van der Waals surface area contributed by atoms with Crippen LogP contribution in [0.25, 0.3) is 5.57 Å². The van der Waals surface area contributed by atoms with Crippen molar-refractivity contribution in [2.75, 3.05) is 45.9 Å². The Balaban J connectivity index is 0.00000160. The molecule has 1 fully saturated rings. The number of β-amino-alcohol motifs (C(OH)–C–C–N with tert-alkyl or cyclic N) is 1. The average molecular weight is 472 g/mol. The second kappa shape index (κ2) is 11.9. The molecule has 2 aliphatic rings. The molecule has 0 aliphatic carbocycles. The lowest BCUT2D eigenvalue weighted by atomic mass is 9.93. The summed E-state index contributed by atoms with van der Waals surface area (Å²) in [6.07, 6.45) is 3.32. The van der Waals surface area contributed by atoms with Gasteiger partial charge in [0, 0.05) is 49.9 Å². The largest absolute Gasteiger partial charge is 0.488 e. The van der Waals surface area contributed by atoms with Crippen molar-refractivity contribution in [3.63, 3.8) is 0 Å². The van der Waals surface area contributed by atoms with E-state index in [1.807, 2.05) is 18.2 Å². The quantitative estimate of drug-likeness (QED) is 0.696. The minimum Gasteiger partial charge on any atom is -0.488 e. The molecule has 0 bridgehead atoms. The van der Waals surface area contributed by atoms with Gasteiger partial charge in [-0.05, 0) is 41.3 Å². The summed E-state index contributed by atoms with van der Waals surface area (Å²) in [6.45, 7) is 6.83. The van der Waals surface area contributed by atoms with Crippen molar-refractivity contribution >= 4 is 42.0 Å². The third kappa shape index (κ3) is 5.91. The van der Waals surface area contributed by atoms with Gasteiger partial charge in [-0.2, -0.15) is 0 Å². The number of hydrogen-bond acceptors (Lipinski definition) is 4. The number of ether oxygens (including phenoxy) is 1. The van der Waals surface area contributed by atoms with Gasteiger partial charge >= 0.3 is 0 Å². The third-order valence-corrected chi connectivity index (χ3v) is 5.83. The number of nitrogens with zero attached hydrogens (tertiary/aromatic N) is 2. The summed E-state index contributed by atoms with van der Waals surface area (Å²) in [6, 6.07) is 14.3. The van der Waals surface area contributed by atoms with E-state index in [0.717, 1.165) is 62.0 Å². The molecule has 4 nitrogen and oxygen atoms in total. The second-order valence-corrected chi connectivity index (χ2v) is 7.84. The van der Waals surface area contributed by atoms with Gasteiger partial charge in [0.05, 0.1) is 6.61 Å². The summed E-state index contributed by atoms with van der Waals surface area (Å²) in [5.74, 6) is 0.893. The highest BCUT2D eigenvalue weighted by atomic mass is 35.5. The molecule has 2 aliphatic heterocycles. The second-order valence-electron chi connectivity index (χ2n) is 7.40. The van der Waals surface area contributed by atoms with Crippen LogP contribution >= 0.6 is 36.4 Å². The van der Waals surface area contributed by atoms with E-state index in [9.17, 15) is 0 Å². The molecule has 0 radical (unpaired) electrons. The highest BCUT2D eigenvalue weighted by molar-refractivity contribution is 6.30. The van der Waals surface area contributed by atoms with E-state index in [1.54, 1.807) is 0 Å². The lowest BCUT2D eigenvalue weighted by molar-refractivity contribution is 0.114. The molecule has 1 saturated heterocycles. The first-order valence-electron chi connectivity index (χ1n) is 10.0. The number of aliphatic hydroxyl groups is 1. The summed E-state index contributed by atoms with van der Waals surface area (Å²) < 4.78 is 6.06. The van der Waals surface area contributed by atoms with Crippen LogP contribution in [0.2, 0.25) is 5.02 Å². The number of hydrogen-bond donors (Lipinski definition) is 1. The van der Waals surface area contributed by atoms with Gasteiger partial charge in [-0.25, -0.2) is 0 Å². The normalized spacial score (nSPS) is 17.7. The number of fused-ring (bicyclic) bond motifs is 2. The molecule has 2 aromatic rings. The molecule has 0 aromatic heterocycles. The zero-order chi connectivity index (χ0) is 19.3. The smallest absolute Gasteiger partial charge is 0.127 e. The van der Waals surface area contributed by atoms with E-state index in [-0.39, 0.29) is 31.4 Å². The fourth-order valence-electron chi connectivity index (χ4n) is 4.04. The molecular weight excluding hydrogens is 443 g/mol. The summed E-state index contributed by atoms with van der Waals surface area (Å²) >= 11 is 6.30. The van der Waals surface area contributed by atoms with Crippen molar-refractivity contribution < 1.29 is 9.84 Å². The molecule has 164 valence electrons. The Morgan fingerprint density at radius 2 is 1.63 bits per heavy atom. The van der Waals surface area contributed by atoms with E-state index in [2.05, 4.69) is 40.1 Å². The van der Waals surface area contributed by atoms with Gasteiger partial charge in [0.15, 0.2) is 0 Å². The Bertz CT molecular complexity index is 852. The van der Waals surface area contributed by atoms with Crippen LogP contribution in [0.3, 0.4) is 0 Å². The van der Waals surface area contributed by atoms with Crippen LogP contribution in [-0.4, -0.2) is 60.8 Å². The fourth-order valence-corrected chi connectivity index (χ4v) is 4.21. The molecule has 0 atom stereocenters. The van der Waals surface area contributed by atoms with Crippen LogP contribution in [0, 0.1) is 0 Å². The lowest BCUT2D eigenvalue weighted by Crippen LogP contribution is -2.47. The number of piperazine rings is 1. The van der Waals surface area contributed by atoms with Crippen LogP contribution in [0.4, 0.5) is 0 Å². The van der Waals surface area contributed by atoms with Gasteiger partial charge in [-0.3, -0.25) is 4.90 Å². The summed E-state index contributed by atoms with van der Waals surface area (Å²) in [5.41, 5.74) is 4.73. The molecule has 2 aromatic carbocycles. The Kier molecular flexibility index (Phi) is 9.95. The van der Waals surface area contributed by atoms with Gasteiger partial charge in [0.2, 0.25) is 0 Å². The first kappa shape index (κ1) is 25.0. The Hall–Kier alpha value is -1.27. The highest BCUT2D eigenvalue weighted by Crippen LogP contribution is 2.38. The minimum atomic E-state index is 0. The number of halogens is 3. The van der Waals surface area contributed by atoms with E-state index in [1.165, 1.54) is 16.7 Å². The Labute approximate surface area is 196 Å². The van der Waals surface area contributed by atoms with Gasteiger partial charge in [0.1, 0.15) is 12.4 Å². The van der Waals surface area contributed by atoms with Crippen molar-refractivity contribution in [2.45, 2.75) is 13.0 Å². The number of aliphatic hydroxyl groups excluding tert-OH is 1. The maximum Gasteiger partial charge on any atom is 0.127 e. The molecule has 1 N–H and O–H groups in total. The molecular formula is C23H29Cl3N2O2.